The normalized spacial score (nSPS) is 14.5. The quantitative estimate of drug-likeness (QED) is 0.874. The summed E-state index contributed by atoms with van der Waals surface area (Å²) in [5.41, 5.74) is 1.82. The van der Waals surface area contributed by atoms with Crippen LogP contribution in [-0.4, -0.2) is 19.0 Å². The number of hydrogen-bond donors (Lipinski definition) is 2. The molecule has 4 nitrogen and oxygen atoms in total. The first-order valence-corrected chi connectivity index (χ1v) is 8.07. The molecule has 1 fully saturated rings. The molecule has 1 saturated heterocycles. The number of aryl methyl sites for hydroxylation is 1. The van der Waals surface area contributed by atoms with Crippen LogP contribution in [0.2, 0.25) is 0 Å². The Balaban J connectivity index is 0.00000208. The van der Waals surface area contributed by atoms with Crippen molar-refractivity contribution in [1.29, 1.82) is 0 Å². The molecule has 1 aliphatic rings. The Hall–Kier alpha value is -2.04. The smallest absolute Gasteiger partial charge is 0.227 e. The molecule has 2 aromatic carbocycles. The van der Waals surface area contributed by atoms with Gasteiger partial charge in [0.25, 0.3) is 0 Å². The SMILES string of the molecule is Cc1ccc(Oc2ccccc2)c(NC(=O)C2CCNCC2)c1.Cl. The Bertz CT molecular complexity index is 670. The Kier molecular flexibility index (Phi) is 6.64. The zero-order chi connectivity index (χ0) is 16.1. The van der Waals surface area contributed by atoms with Crippen LogP contribution in [0, 0.1) is 12.8 Å². The molecule has 1 amide bonds. The average Bonchev–Trinajstić information content (AvgIpc) is 2.59. The van der Waals surface area contributed by atoms with E-state index in [9.17, 15) is 4.79 Å². The van der Waals surface area contributed by atoms with Crippen LogP contribution in [0.4, 0.5) is 5.69 Å². The predicted octanol–water partition coefficient (Wildman–Crippen LogP) is 4.15. The van der Waals surface area contributed by atoms with Crippen molar-refractivity contribution < 1.29 is 9.53 Å². The van der Waals surface area contributed by atoms with Crippen LogP contribution in [-0.2, 0) is 4.79 Å². The number of piperidine rings is 1. The summed E-state index contributed by atoms with van der Waals surface area (Å²) in [6.45, 7) is 3.81. The van der Waals surface area contributed by atoms with Gasteiger partial charge in [-0.1, -0.05) is 24.3 Å². The maximum absolute atomic E-state index is 12.5. The molecule has 3 rings (SSSR count). The number of nitrogens with one attached hydrogen (secondary N) is 2. The highest BCUT2D eigenvalue weighted by Gasteiger charge is 2.22. The first kappa shape index (κ1) is 18.3. The van der Waals surface area contributed by atoms with E-state index in [1.54, 1.807) is 0 Å². The monoisotopic (exact) mass is 346 g/mol. The lowest BCUT2D eigenvalue weighted by molar-refractivity contribution is -0.120. The van der Waals surface area contributed by atoms with Crippen molar-refractivity contribution in [2.75, 3.05) is 18.4 Å². The number of carbonyl (C=O) groups is 1. The van der Waals surface area contributed by atoms with E-state index >= 15 is 0 Å². The zero-order valence-corrected chi connectivity index (χ0v) is 14.6. The summed E-state index contributed by atoms with van der Waals surface area (Å²) in [5.74, 6) is 1.58. The van der Waals surface area contributed by atoms with Gasteiger partial charge < -0.3 is 15.4 Å². The van der Waals surface area contributed by atoms with Crippen molar-refractivity contribution in [2.24, 2.45) is 5.92 Å². The van der Waals surface area contributed by atoms with Crippen molar-refractivity contribution in [3.8, 4) is 11.5 Å². The maximum atomic E-state index is 12.5. The number of rotatable bonds is 4. The summed E-state index contributed by atoms with van der Waals surface area (Å²) in [6, 6.07) is 15.4. The van der Waals surface area contributed by atoms with Gasteiger partial charge in [-0.05, 0) is 62.7 Å². The van der Waals surface area contributed by atoms with Gasteiger partial charge in [-0.3, -0.25) is 4.79 Å². The molecule has 128 valence electrons. The molecule has 0 aliphatic carbocycles. The van der Waals surface area contributed by atoms with Crippen molar-refractivity contribution in [3.63, 3.8) is 0 Å². The molecule has 24 heavy (non-hydrogen) atoms. The highest BCUT2D eigenvalue weighted by atomic mass is 35.5. The number of ether oxygens (including phenoxy) is 1. The summed E-state index contributed by atoms with van der Waals surface area (Å²) < 4.78 is 5.93. The average molecular weight is 347 g/mol. The molecule has 2 N–H and O–H groups in total. The summed E-state index contributed by atoms with van der Waals surface area (Å²) in [4.78, 5) is 12.5. The molecule has 1 heterocycles. The first-order valence-electron chi connectivity index (χ1n) is 8.07. The number of amides is 1. The van der Waals surface area contributed by atoms with Crippen LogP contribution in [0.5, 0.6) is 11.5 Å². The number of benzene rings is 2. The van der Waals surface area contributed by atoms with Crippen molar-refractivity contribution in [3.05, 3.63) is 54.1 Å². The van der Waals surface area contributed by atoms with Gasteiger partial charge in [-0.2, -0.15) is 0 Å². The molecule has 0 unspecified atom stereocenters. The summed E-state index contributed by atoms with van der Waals surface area (Å²) in [7, 11) is 0. The van der Waals surface area contributed by atoms with Crippen LogP contribution >= 0.6 is 12.4 Å². The minimum absolute atomic E-state index is 0. The standard InChI is InChI=1S/C19H22N2O2.ClH/c1-14-7-8-18(23-16-5-3-2-4-6-16)17(13-14)21-19(22)15-9-11-20-12-10-15;/h2-8,13,15,20H,9-12H2,1H3,(H,21,22);1H. The van der Waals surface area contributed by atoms with Gasteiger partial charge in [0, 0.05) is 5.92 Å². The van der Waals surface area contributed by atoms with E-state index in [1.807, 2.05) is 55.5 Å². The second-order valence-corrected chi connectivity index (χ2v) is 5.93. The van der Waals surface area contributed by atoms with Crippen LogP contribution in [0.25, 0.3) is 0 Å². The zero-order valence-electron chi connectivity index (χ0n) is 13.7. The fraction of sp³-hybridized carbons (Fsp3) is 0.316. The number of carbonyl (C=O) groups excluding carboxylic acids is 1. The molecular weight excluding hydrogens is 324 g/mol. The topological polar surface area (TPSA) is 50.4 Å². The Morgan fingerprint density at radius 1 is 1.12 bits per heavy atom. The van der Waals surface area contributed by atoms with Crippen LogP contribution < -0.4 is 15.4 Å². The summed E-state index contributed by atoms with van der Waals surface area (Å²) in [5, 5.41) is 6.33. The Labute approximate surface area is 149 Å². The molecule has 0 atom stereocenters. The third-order valence-corrected chi connectivity index (χ3v) is 4.07. The van der Waals surface area contributed by atoms with Gasteiger partial charge in [-0.25, -0.2) is 0 Å². The van der Waals surface area contributed by atoms with Crippen LogP contribution in [0.1, 0.15) is 18.4 Å². The largest absolute Gasteiger partial charge is 0.455 e. The van der Waals surface area contributed by atoms with Gasteiger partial charge >= 0.3 is 0 Å². The van der Waals surface area contributed by atoms with E-state index in [-0.39, 0.29) is 24.2 Å². The number of halogens is 1. The maximum Gasteiger partial charge on any atom is 0.227 e. The molecule has 0 spiro atoms. The van der Waals surface area contributed by atoms with E-state index < -0.39 is 0 Å². The predicted molar refractivity (Wildman–Crippen MR) is 99.2 cm³/mol. The molecular formula is C19H23ClN2O2. The van der Waals surface area contributed by atoms with E-state index in [4.69, 9.17) is 4.74 Å². The molecule has 1 aliphatic heterocycles. The minimum atomic E-state index is 0. The second-order valence-electron chi connectivity index (χ2n) is 5.93. The van der Waals surface area contributed by atoms with Gasteiger partial charge in [-0.15, -0.1) is 12.4 Å². The third kappa shape index (κ3) is 4.73. The van der Waals surface area contributed by atoms with Gasteiger partial charge in [0.15, 0.2) is 5.75 Å². The Morgan fingerprint density at radius 3 is 2.54 bits per heavy atom. The second kappa shape index (κ2) is 8.71. The van der Waals surface area contributed by atoms with E-state index in [1.165, 1.54) is 0 Å². The first-order chi connectivity index (χ1) is 11.2. The highest BCUT2D eigenvalue weighted by Crippen LogP contribution is 2.31. The van der Waals surface area contributed by atoms with Crippen LogP contribution in [0.15, 0.2) is 48.5 Å². The number of para-hydroxylation sites is 1. The molecule has 0 saturated carbocycles. The van der Waals surface area contributed by atoms with Gasteiger partial charge in [0.2, 0.25) is 5.91 Å². The van der Waals surface area contributed by atoms with Gasteiger partial charge in [0.05, 0.1) is 5.69 Å². The summed E-state index contributed by atoms with van der Waals surface area (Å²) in [6.07, 6.45) is 1.76. The fourth-order valence-corrected chi connectivity index (χ4v) is 2.76. The number of anilines is 1. The van der Waals surface area contributed by atoms with E-state index in [0.29, 0.717) is 5.75 Å². The van der Waals surface area contributed by atoms with E-state index in [2.05, 4.69) is 10.6 Å². The lowest BCUT2D eigenvalue weighted by Crippen LogP contribution is -2.34. The molecule has 2 aromatic rings. The lowest BCUT2D eigenvalue weighted by Gasteiger charge is -2.22. The van der Waals surface area contributed by atoms with Crippen molar-refractivity contribution in [2.45, 2.75) is 19.8 Å². The molecule has 0 aromatic heterocycles. The highest BCUT2D eigenvalue weighted by molar-refractivity contribution is 5.94. The minimum Gasteiger partial charge on any atom is -0.455 e. The molecule has 0 radical (unpaired) electrons. The van der Waals surface area contributed by atoms with E-state index in [0.717, 1.165) is 42.9 Å². The third-order valence-electron chi connectivity index (χ3n) is 4.07. The molecule has 5 heteroatoms. The Morgan fingerprint density at radius 2 is 1.83 bits per heavy atom. The van der Waals surface area contributed by atoms with Crippen LogP contribution in [0.3, 0.4) is 0 Å². The fourth-order valence-electron chi connectivity index (χ4n) is 2.76. The van der Waals surface area contributed by atoms with Crippen molar-refractivity contribution in [1.82, 2.24) is 5.32 Å². The van der Waals surface area contributed by atoms with Gasteiger partial charge in [0.1, 0.15) is 5.75 Å². The van der Waals surface area contributed by atoms with Crippen molar-refractivity contribution >= 4 is 24.0 Å². The lowest BCUT2D eigenvalue weighted by atomic mass is 9.97. The summed E-state index contributed by atoms with van der Waals surface area (Å²) >= 11 is 0. The molecule has 0 bridgehead atoms. The number of hydrogen-bond acceptors (Lipinski definition) is 3.